The molecule has 8 heteroatoms. The molecule has 0 fully saturated rings. The van der Waals surface area contributed by atoms with E-state index in [9.17, 15) is 19.8 Å². The topological polar surface area (TPSA) is 121 Å². The van der Waals surface area contributed by atoms with Gasteiger partial charge in [-0.25, -0.2) is 0 Å². The van der Waals surface area contributed by atoms with E-state index in [1.165, 1.54) is 0 Å². The van der Waals surface area contributed by atoms with Gasteiger partial charge < -0.3 is 30.0 Å². The molecule has 0 spiro atoms. The van der Waals surface area contributed by atoms with E-state index in [2.05, 4.69) is 0 Å². The minimum absolute atomic E-state index is 0. The van der Waals surface area contributed by atoms with Gasteiger partial charge in [0.25, 0.3) is 0 Å². The maximum absolute atomic E-state index is 9.63. The molecule has 58 valence electrons. The first-order valence-electron chi connectivity index (χ1n) is 2.24. The smallest absolute Gasteiger partial charge is 0.547 e. The molecule has 2 atom stereocenters. The summed E-state index contributed by atoms with van der Waals surface area (Å²) in [5.74, 6) is -4.12. The van der Waals surface area contributed by atoms with Crippen molar-refractivity contribution in [2.24, 2.45) is 0 Å². The number of aliphatic hydroxyl groups excluding tert-OH is 2. The van der Waals surface area contributed by atoms with Gasteiger partial charge in [-0.3, -0.25) is 0 Å². The molecule has 0 rings (SSSR count). The summed E-state index contributed by atoms with van der Waals surface area (Å²) in [5, 5.41) is 35.7. The molecule has 0 bridgehead atoms. The molecule has 0 radical (unpaired) electrons. The predicted molar refractivity (Wildman–Crippen MR) is 22.0 cm³/mol. The van der Waals surface area contributed by atoms with Gasteiger partial charge in [0.2, 0.25) is 0 Å². The second-order valence-electron chi connectivity index (χ2n) is 1.53. The Morgan fingerprint density at radius 2 is 1.08 bits per heavy atom. The van der Waals surface area contributed by atoms with E-state index < -0.39 is 24.1 Å². The Morgan fingerprint density at radius 1 is 0.917 bits per heavy atom. The number of carbonyl (C=O) groups excluding carboxylic acids is 2. The average molecular weight is 594 g/mol. The number of carboxylic acids is 2. The molecule has 0 amide bonds. The van der Waals surface area contributed by atoms with Crippen molar-refractivity contribution in [2.45, 2.75) is 12.2 Å². The van der Waals surface area contributed by atoms with Crippen molar-refractivity contribution >= 4 is 11.9 Å². The molecule has 2 N–H and O–H groups in total. The van der Waals surface area contributed by atoms with Crippen molar-refractivity contribution in [3.05, 3.63) is 0 Å². The molecule has 0 aliphatic rings. The predicted octanol–water partition coefficient (Wildman–Crippen LogP) is -4.79. The SMILES string of the molecule is O=C([O-])C(O)C(O)C(=O)[O-].[Fr+].[Fr+]. The van der Waals surface area contributed by atoms with Gasteiger partial charge in [-0.05, 0) is 0 Å². The first-order chi connectivity index (χ1) is 4.46. The zero-order valence-corrected chi connectivity index (χ0v) is 23.1. The monoisotopic (exact) mass is 594 g/mol. The molecule has 12 heavy (non-hydrogen) atoms. The van der Waals surface area contributed by atoms with Crippen LogP contribution in [0.25, 0.3) is 0 Å². The molecule has 0 aromatic heterocycles. The maximum Gasteiger partial charge on any atom is 1.00 e. The van der Waals surface area contributed by atoms with E-state index in [-0.39, 0.29) is 99.7 Å². The zero-order chi connectivity index (χ0) is 8.31. The Hall–Kier alpha value is 2.05. The van der Waals surface area contributed by atoms with Gasteiger partial charge in [-0.1, -0.05) is 0 Å². The van der Waals surface area contributed by atoms with Gasteiger partial charge in [-0.15, -0.1) is 0 Å². The van der Waals surface area contributed by atoms with Crippen LogP contribution in [-0.2, 0) is 9.59 Å². The van der Waals surface area contributed by atoms with E-state index in [1.807, 2.05) is 0 Å². The number of aliphatic hydroxyl groups is 2. The Labute approximate surface area is 150 Å². The Kier molecular flexibility index (Phi) is 15.7. The molecular weight excluding hydrogens is 590 g/mol. The van der Waals surface area contributed by atoms with Gasteiger partial charge in [0, 0.05) is 0 Å². The van der Waals surface area contributed by atoms with Crippen molar-refractivity contribution in [3.8, 4) is 0 Å². The molecule has 0 heterocycles. The molecule has 0 aliphatic heterocycles. The normalized spacial score (nSPS) is 13.2. The number of rotatable bonds is 3. The summed E-state index contributed by atoms with van der Waals surface area (Å²) in [4.78, 5) is 19.3. The number of hydrogen-bond acceptors (Lipinski definition) is 6. The fourth-order valence-electron chi connectivity index (χ4n) is 0.258. The second kappa shape index (κ2) is 9.60. The van der Waals surface area contributed by atoms with Crippen molar-refractivity contribution in [3.63, 3.8) is 0 Å². The van der Waals surface area contributed by atoms with E-state index in [0.717, 1.165) is 0 Å². The van der Waals surface area contributed by atoms with Crippen LogP contribution in [0.1, 0.15) is 0 Å². The van der Waals surface area contributed by atoms with Crippen LogP contribution in [0.3, 0.4) is 0 Å². The molecular formula is C4H4Fr2O6. The van der Waals surface area contributed by atoms with Crippen LogP contribution in [0.2, 0.25) is 0 Å². The summed E-state index contributed by atoms with van der Waals surface area (Å²) >= 11 is 0. The van der Waals surface area contributed by atoms with Crippen LogP contribution in [0.4, 0.5) is 0 Å². The number of carboxylic acid groups (broad SMARTS) is 2. The largest absolute Gasteiger partial charge is 1.00 e. The first-order valence-corrected chi connectivity index (χ1v) is 2.24. The van der Waals surface area contributed by atoms with Crippen LogP contribution >= 0.6 is 0 Å². The van der Waals surface area contributed by atoms with E-state index in [0.29, 0.717) is 0 Å². The van der Waals surface area contributed by atoms with Gasteiger partial charge in [0.15, 0.2) is 0 Å². The minimum Gasteiger partial charge on any atom is -0.547 e. The first kappa shape index (κ1) is 19.6. The van der Waals surface area contributed by atoms with Gasteiger partial charge in [0.1, 0.15) is 12.2 Å². The van der Waals surface area contributed by atoms with Crippen LogP contribution in [0, 0.1) is 99.7 Å². The van der Waals surface area contributed by atoms with Crippen molar-refractivity contribution in [1.29, 1.82) is 0 Å². The third kappa shape index (κ3) is 7.46. The summed E-state index contributed by atoms with van der Waals surface area (Å²) < 4.78 is 0. The fourth-order valence-corrected chi connectivity index (χ4v) is 0.258. The average Bonchev–Trinajstić information content (AvgIpc) is 1.84. The summed E-state index contributed by atoms with van der Waals surface area (Å²) in [7, 11) is 0. The Balaban J connectivity index is -0.000000405. The Morgan fingerprint density at radius 3 is 1.17 bits per heavy atom. The quantitative estimate of drug-likeness (QED) is 0.339. The molecule has 0 aliphatic carbocycles. The van der Waals surface area contributed by atoms with E-state index in [1.54, 1.807) is 0 Å². The third-order valence-corrected chi connectivity index (χ3v) is 0.782. The molecule has 6 nitrogen and oxygen atoms in total. The Bertz CT molecular complexity index is 142. The van der Waals surface area contributed by atoms with Gasteiger partial charge >= 0.3 is 99.7 Å². The second-order valence-corrected chi connectivity index (χ2v) is 1.53. The summed E-state index contributed by atoms with van der Waals surface area (Å²) in [6, 6.07) is 0. The van der Waals surface area contributed by atoms with Gasteiger partial charge in [-0.2, -0.15) is 0 Å². The summed E-state index contributed by atoms with van der Waals surface area (Å²) in [5.41, 5.74) is 0. The molecule has 0 saturated heterocycles. The van der Waals surface area contributed by atoms with Gasteiger partial charge in [0.05, 0.1) is 11.9 Å². The standard InChI is InChI=1S/C4H6O6.2Fr/c5-1(3(7)8)2(6)4(9)10;;/h1-2,5-6H,(H,7,8)(H,9,10);;/q;2*+1/p-2. The van der Waals surface area contributed by atoms with Crippen LogP contribution < -0.4 is 10.2 Å². The minimum atomic E-state index is -2.44. The summed E-state index contributed by atoms with van der Waals surface area (Å²) in [6.45, 7) is 0. The van der Waals surface area contributed by atoms with Crippen LogP contribution in [0.5, 0.6) is 0 Å². The molecule has 0 aromatic carbocycles. The zero-order valence-electron chi connectivity index (χ0n) is 6.68. The number of aliphatic carboxylic acids is 2. The molecule has 0 saturated carbocycles. The van der Waals surface area contributed by atoms with Crippen molar-refractivity contribution in [1.82, 2.24) is 0 Å². The van der Waals surface area contributed by atoms with E-state index in [4.69, 9.17) is 10.2 Å². The van der Waals surface area contributed by atoms with Crippen LogP contribution in [0.15, 0.2) is 0 Å². The maximum atomic E-state index is 9.63. The fraction of sp³-hybridized carbons (Fsp3) is 0.500. The van der Waals surface area contributed by atoms with Crippen LogP contribution in [-0.4, -0.2) is 34.4 Å². The van der Waals surface area contributed by atoms with E-state index >= 15 is 0 Å². The van der Waals surface area contributed by atoms with Crippen molar-refractivity contribution in [2.75, 3.05) is 0 Å². The van der Waals surface area contributed by atoms with Crippen molar-refractivity contribution < 1.29 is 130 Å². The number of hydrogen-bond donors (Lipinski definition) is 2. The molecule has 2 unspecified atom stereocenters. The third-order valence-electron chi connectivity index (χ3n) is 0.782. The number of carbonyl (C=O) groups is 2. The summed E-state index contributed by atoms with van der Waals surface area (Å²) in [6.07, 6.45) is -4.88. The molecule has 0 aromatic rings.